The average molecular weight is 854 g/mol. The van der Waals surface area contributed by atoms with Crippen LogP contribution in [0.25, 0.3) is 0 Å². The Morgan fingerprint density at radius 1 is 0.369 bits per heavy atom. The van der Waals surface area contributed by atoms with Gasteiger partial charge in [-0.3, -0.25) is 9.80 Å². The van der Waals surface area contributed by atoms with Crippen molar-refractivity contribution in [3.8, 4) is 0 Å². The second-order valence-electron chi connectivity index (χ2n) is 23.3. The van der Waals surface area contributed by atoms with E-state index in [0.717, 1.165) is 23.0 Å². The predicted molar refractivity (Wildman–Crippen MR) is 272 cm³/mol. The zero-order chi connectivity index (χ0) is 46.0. The van der Waals surface area contributed by atoms with E-state index < -0.39 is 0 Å². The van der Waals surface area contributed by atoms with Crippen molar-refractivity contribution in [3.05, 3.63) is 183 Å². The van der Waals surface area contributed by atoms with Crippen LogP contribution in [-0.2, 0) is 32.5 Å². The van der Waals surface area contributed by atoms with Crippen LogP contribution in [-0.4, -0.2) is 9.97 Å². The van der Waals surface area contributed by atoms with Gasteiger partial charge in [0.2, 0.25) is 0 Å². The smallest absolute Gasteiger partial charge is 0.141 e. The van der Waals surface area contributed by atoms with Gasteiger partial charge in [-0.2, -0.15) is 0 Å². The van der Waals surface area contributed by atoms with Gasteiger partial charge in [0, 0.05) is 45.3 Å². The highest BCUT2D eigenvalue weighted by atomic mass is 15.2. The molecule has 5 aromatic carbocycles. The summed E-state index contributed by atoms with van der Waals surface area (Å²) in [5.41, 5.74) is 20.3. The van der Waals surface area contributed by atoms with Crippen LogP contribution in [0, 0.1) is 0 Å². The lowest BCUT2D eigenvalue weighted by Gasteiger charge is -2.50. The van der Waals surface area contributed by atoms with Gasteiger partial charge in [0.1, 0.15) is 11.6 Å². The molecular weight excluding hydrogens is 791 g/mol. The van der Waals surface area contributed by atoms with Crippen LogP contribution >= 0.6 is 0 Å². The van der Waals surface area contributed by atoms with Crippen molar-refractivity contribution in [3.63, 3.8) is 0 Å². The fraction of sp³-hybridized carbons (Fsp3) is 0.333. The molecule has 0 N–H and O–H groups in total. The molecule has 7 aromatic rings. The zero-order valence-electron chi connectivity index (χ0n) is 40.9. The van der Waals surface area contributed by atoms with Gasteiger partial charge in [-0.15, -0.1) is 0 Å². The molecule has 2 aromatic heterocycles. The van der Waals surface area contributed by atoms with E-state index in [4.69, 9.17) is 9.97 Å². The van der Waals surface area contributed by atoms with Crippen LogP contribution < -0.4 is 14.7 Å². The Hall–Kier alpha value is -6.20. The number of nitrogens with zero attached hydrogens (tertiary/aromatic N) is 5. The second kappa shape index (κ2) is 13.2. The van der Waals surface area contributed by atoms with Gasteiger partial charge in [0.25, 0.3) is 0 Å². The molecule has 0 fully saturated rings. The van der Waals surface area contributed by atoms with E-state index in [1.807, 2.05) is 12.4 Å². The average Bonchev–Trinajstić information content (AvgIpc) is 3.25. The van der Waals surface area contributed by atoms with Crippen molar-refractivity contribution >= 4 is 51.4 Å². The first kappa shape index (κ1) is 41.5. The van der Waals surface area contributed by atoms with Gasteiger partial charge in [-0.25, -0.2) is 9.97 Å². The van der Waals surface area contributed by atoms with E-state index in [1.54, 1.807) is 0 Å². The molecule has 0 aliphatic carbocycles. The third kappa shape index (κ3) is 5.69. The molecule has 0 saturated heterocycles. The van der Waals surface area contributed by atoms with Gasteiger partial charge < -0.3 is 4.90 Å². The van der Waals surface area contributed by atoms with Crippen LogP contribution in [0.5, 0.6) is 0 Å². The molecule has 5 nitrogen and oxygen atoms in total. The summed E-state index contributed by atoms with van der Waals surface area (Å²) in [6.45, 7) is 33.1. The van der Waals surface area contributed by atoms with Crippen LogP contribution in [0.4, 0.5) is 51.4 Å². The highest BCUT2D eigenvalue weighted by Gasteiger charge is 2.48. The molecule has 0 amide bonds. The van der Waals surface area contributed by atoms with E-state index in [2.05, 4.69) is 227 Å². The molecule has 0 spiro atoms. The SMILES string of the molecule is CC(C)(C)c1ccnc(N2c3ccccc3C(C)(C)c3cc4c(cc32)N(c2ccc3c(c2)N2c5ncccc5C(C)(C)c5cc(C(C)(C)C)cc(c52)C3(C)C)c2ccccc2C4(C)C)c1. The number of hydrogen-bond acceptors (Lipinski definition) is 5. The monoisotopic (exact) mass is 854 g/mol. The fourth-order valence-corrected chi connectivity index (χ4v) is 11.8. The minimum absolute atomic E-state index is 0.0117. The van der Waals surface area contributed by atoms with Gasteiger partial charge in [-0.05, 0) is 115 Å². The van der Waals surface area contributed by atoms with Crippen molar-refractivity contribution in [2.45, 2.75) is 129 Å². The molecule has 4 aliphatic rings. The molecule has 0 atom stereocenters. The maximum Gasteiger partial charge on any atom is 0.141 e. The van der Waals surface area contributed by atoms with E-state index in [1.165, 1.54) is 84.1 Å². The van der Waals surface area contributed by atoms with Gasteiger partial charge in [0.05, 0.1) is 34.1 Å². The first-order valence-corrected chi connectivity index (χ1v) is 23.6. The lowest BCUT2D eigenvalue weighted by Crippen LogP contribution is -2.39. The summed E-state index contributed by atoms with van der Waals surface area (Å²) < 4.78 is 0. The van der Waals surface area contributed by atoms with Crippen LogP contribution in [0.15, 0.2) is 128 Å². The molecule has 5 heteroatoms. The number of aromatic nitrogens is 2. The summed E-state index contributed by atoms with van der Waals surface area (Å²) in [5.74, 6) is 1.95. The standard InChI is InChI=1S/C60H63N5/c1-55(2,3)36-27-29-61-52(32-36)64-48-24-18-16-21-40(48)58(9,10)44-34-43-50(35-51(44)64)63(47-23-17-15-20-39(47)57(43,7)8)38-25-26-41-49(33-38)65-53-45(59(41,11)12)30-37(56(4,5)6)31-46(53)60(13,14)42-22-19-28-62-54(42)65/h15-35H,1-14H3. The highest BCUT2D eigenvalue weighted by Crippen LogP contribution is 2.63. The number of rotatable bonds is 2. The van der Waals surface area contributed by atoms with Crippen molar-refractivity contribution in [1.82, 2.24) is 9.97 Å². The summed E-state index contributed by atoms with van der Waals surface area (Å²) in [5, 5.41) is 0. The van der Waals surface area contributed by atoms with Crippen molar-refractivity contribution < 1.29 is 0 Å². The Morgan fingerprint density at radius 2 is 0.877 bits per heavy atom. The van der Waals surface area contributed by atoms with E-state index >= 15 is 0 Å². The van der Waals surface area contributed by atoms with Crippen molar-refractivity contribution in [2.24, 2.45) is 0 Å². The molecule has 0 unspecified atom stereocenters. The quantitative estimate of drug-likeness (QED) is 0.173. The summed E-state index contributed by atoms with van der Waals surface area (Å²) in [6.07, 6.45) is 3.95. The molecule has 328 valence electrons. The molecule has 6 heterocycles. The second-order valence-corrected chi connectivity index (χ2v) is 23.3. The van der Waals surface area contributed by atoms with E-state index in [-0.39, 0.29) is 32.5 Å². The third-order valence-electron chi connectivity index (χ3n) is 15.8. The summed E-state index contributed by atoms with van der Waals surface area (Å²) in [4.78, 5) is 17.8. The first-order chi connectivity index (χ1) is 30.5. The summed E-state index contributed by atoms with van der Waals surface area (Å²) in [6, 6.07) is 44.1. The van der Waals surface area contributed by atoms with Gasteiger partial charge in [0.15, 0.2) is 0 Å². The van der Waals surface area contributed by atoms with Gasteiger partial charge in [-0.1, -0.05) is 158 Å². The molecule has 11 rings (SSSR count). The summed E-state index contributed by atoms with van der Waals surface area (Å²) in [7, 11) is 0. The zero-order valence-corrected chi connectivity index (χ0v) is 40.9. The number of para-hydroxylation sites is 2. The number of fused-ring (bicyclic) bond motifs is 8. The minimum atomic E-state index is -0.282. The largest absolute Gasteiger partial charge is 0.310 e. The molecule has 0 radical (unpaired) electrons. The third-order valence-corrected chi connectivity index (χ3v) is 15.8. The Kier molecular flexibility index (Phi) is 8.44. The van der Waals surface area contributed by atoms with Crippen molar-refractivity contribution in [2.75, 3.05) is 14.7 Å². The number of anilines is 9. The van der Waals surface area contributed by atoms with Gasteiger partial charge >= 0.3 is 0 Å². The van der Waals surface area contributed by atoms with Crippen molar-refractivity contribution in [1.29, 1.82) is 0 Å². The summed E-state index contributed by atoms with van der Waals surface area (Å²) >= 11 is 0. The van der Waals surface area contributed by atoms with Crippen LogP contribution in [0.1, 0.15) is 153 Å². The lowest BCUT2D eigenvalue weighted by molar-refractivity contribution is 0.562. The Labute approximate surface area is 387 Å². The molecule has 0 bridgehead atoms. The number of pyridine rings is 2. The highest BCUT2D eigenvalue weighted by molar-refractivity contribution is 5.97. The van der Waals surface area contributed by atoms with E-state index in [0.29, 0.717) is 0 Å². The fourth-order valence-electron chi connectivity index (χ4n) is 11.8. The molecule has 65 heavy (non-hydrogen) atoms. The normalized spacial score (nSPS) is 17.8. The first-order valence-electron chi connectivity index (χ1n) is 23.6. The van der Waals surface area contributed by atoms with E-state index in [9.17, 15) is 0 Å². The molecular formula is C60H63N5. The molecule has 0 saturated carbocycles. The Balaban J connectivity index is 1.18. The molecule has 4 aliphatic heterocycles. The Bertz CT molecular complexity index is 3130. The maximum atomic E-state index is 5.23. The number of benzene rings is 5. The minimum Gasteiger partial charge on any atom is -0.310 e. The lowest BCUT2D eigenvalue weighted by atomic mass is 9.65. The van der Waals surface area contributed by atoms with Crippen LogP contribution in [0.2, 0.25) is 0 Å². The number of hydrogen-bond donors (Lipinski definition) is 0. The van der Waals surface area contributed by atoms with Crippen LogP contribution in [0.3, 0.4) is 0 Å². The predicted octanol–water partition coefficient (Wildman–Crippen LogP) is 16.0. The maximum absolute atomic E-state index is 5.23. The Morgan fingerprint density at radius 3 is 1.49 bits per heavy atom. The topological polar surface area (TPSA) is 35.5 Å².